The predicted octanol–water partition coefficient (Wildman–Crippen LogP) is 1.63. The standard InChI is InChI=1S/C12H19NO5/c1-5-7(14)6-8-9(15)18-10(12(2,3)4)13(8)11(16)17/h8,10H,5-6H2,1-4H3,(H,16,17)/t8-,10+/m0/s1/i8D. The molecule has 18 heavy (non-hydrogen) atoms. The van der Waals surface area contributed by atoms with Crippen molar-refractivity contribution in [1.29, 1.82) is 0 Å². The Morgan fingerprint density at radius 2 is 2.06 bits per heavy atom. The number of hydrogen-bond donors (Lipinski definition) is 1. The molecule has 1 N–H and O–H groups in total. The van der Waals surface area contributed by atoms with Gasteiger partial charge in [0.2, 0.25) is 0 Å². The van der Waals surface area contributed by atoms with E-state index in [-0.39, 0.29) is 12.2 Å². The number of nitrogens with zero attached hydrogens (tertiary/aromatic N) is 1. The van der Waals surface area contributed by atoms with E-state index in [0.29, 0.717) is 4.90 Å². The maximum absolute atomic E-state index is 11.9. The van der Waals surface area contributed by atoms with Gasteiger partial charge in [0.1, 0.15) is 11.8 Å². The second kappa shape index (κ2) is 4.96. The highest BCUT2D eigenvalue weighted by Crippen LogP contribution is 2.33. The van der Waals surface area contributed by atoms with E-state index in [1.807, 2.05) is 0 Å². The Labute approximate surface area is 107 Å². The van der Waals surface area contributed by atoms with Crippen LogP contribution in [0.5, 0.6) is 0 Å². The molecule has 102 valence electrons. The number of cyclic esters (lactones) is 1. The number of carboxylic acid groups (broad SMARTS) is 1. The van der Waals surface area contributed by atoms with E-state index < -0.39 is 36.1 Å². The fourth-order valence-electron chi connectivity index (χ4n) is 1.71. The highest BCUT2D eigenvalue weighted by molar-refractivity contribution is 5.90. The van der Waals surface area contributed by atoms with E-state index in [0.717, 1.165) is 0 Å². The van der Waals surface area contributed by atoms with Crippen molar-refractivity contribution in [2.24, 2.45) is 5.41 Å². The summed E-state index contributed by atoms with van der Waals surface area (Å²) in [6.45, 7) is 6.70. The fourth-order valence-corrected chi connectivity index (χ4v) is 1.71. The van der Waals surface area contributed by atoms with E-state index in [1.54, 1.807) is 27.7 Å². The third-order valence-corrected chi connectivity index (χ3v) is 2.69. The molecule has 0 radical (unpaired) electrons. The van der Waals surface area contributed by atoms with E-state index in [9.17, 15) is 19.5 Å². The average molecular weight is 258 g/mol. The number of esters is 1. The number of Topliss-reactive ketones (excluding diaryl/α,β-unsaturated/α-hetero) is 1. The van der Waals surface area contributed by atoms with Crippen LogP contribution in [-0.2, 0) is 14.3 Å². The number of ketones is 1. The SMILES string of the molecule is [2H][C@]1(CC(=O)CC)C(=O)O[C@H](C(C)(C)C)N1C(=O)O. The quantitative estimate of drug-likeness (QED) is 0.778. The first-order chi connectivity index (χ1) is 8.54. The Hall–Kier alpha value is -1.59. The highest BCUT2D eigenvalue weighted by Gasteiger charge is 2.50. The van der Waals surface area contributed by atoms with Crippen LogP contribution < -0.4 is 0 Å². The van der Waals surface area contributed by atoms with Gasteiger partial charge in [-0.05, 0) is 0 Å². The molecule has 1 aliphatic heterocycles. The average Bonchev–Trinajstić information content (AvgIpc) is 2.51. The summed E-state index contributed by atoms with van der Waals surface area (Å²) >= 11 is 0. The van der Waals surface area contributed by atoms with E-state index in [1.165, 1.54) is 0 Å². The minimum atomic E-state index is -2.18. The molecule has 1 aliphatic rings. The van der Waals surface area contributed by atoms with Crippen molar-refractivity contribution >= 4 is 17.8 Å². The largest absolute Gasteiger partial charge is 0.465 e. The molecule has 1 heterocycles. The van der Waals surface area contributed by atoms with Crippen molar-refractivity contribution in [3.63, 3.8) is 0 Å². The number of ether oxygens (including phenoxy) is 1. The Morgan fingerprint density at radius 3 is 2.44 bits per heavy atom. The molecule has 1 saturated heterocycles. The van der Waals surface area contributed by atoms with Gasteiger partial charge in [0.25, 0.3) is 0 Å². The minimum Gasteiger partial charge on any atom is -0.465 e. The van der Waals surface area contributed by atoms with Crippen LogP contribution in [-0.4, -0.2) is 40.1 Å². The molecule has 0 spiro atoms. The Morgan fingerprint density at radius 1 is 1.50 bits per heavy atom. The third kappa shape index (κ3) is 2.80. The van der Waals surface area contributed by atoms with Crippen molar-refractivity contribution in [1.82, 2.24) is 4.90 Å². The number of carbonyl (C=O) groups excluding carboxylic acids is 2. The summed E-state index contributed by atoms with van der Waals surface area (Å²) in [7, 11) is 0. The lowest BCUT2D eigenvalue weighted by Gasteiger charge is -2.32. The number of hydrogen-bond acceptors (Lipinski definition) is 4. The van der Waals surface area contributed by atoms with E-state index in [4.69, 9.17) is 6.11 Å². The van der Waals surface area contributed by atoms with Gasteiger partial charge in [0.05, 0.1) is 1.37 Å². The number of rotatable bonds is 3. The minimum absolute atomic E-state index is 0.140. The molecule has 1 rings (SSSR count). The first-order valence-corrected chi connectivity index (χ1v) is 5.79. The molecule has 1 fully saturated rings. The third-order valence-electron chi connectivity index (χ3n) is 2.69. The van der Waals surface area contributed by atoms with Crippen LogP contribution in [0.25, 0.3) is 0 Å². The summed E-state index contributed by atoms with van der Waals surface area (Å²) in [4.78, 5) is 35.3. The smallest absolute Gasteiger partial charge is 0.410 e. The lowest BCUT2D eigenvalue weighted by atomic mass is 9.93. The molecule has 0 aromatic rings. The summed E-state index contributed by atoms with van der Waals surface area (Å²) in [5.74, 6) is -1.34. The van der Waals surface area contributed by atoms with Crippen LogP contribution in [0.1, 0.15) is 41.9 Å². The lowest BCUT2D eigenvalue weighted by molar-refractivity contribution is -0.147. The van der Waals surface area contributed by atoms with Gasteiger partial charge in [0, 0.05) is 18.3 Å². The molecule has 6 nitrogen and oxygen atoms in total. The van der Waals surface area contributed by atoms with Crippen molar-refractivity contribution in [3.8, 4) is 0 Å². The monoisotopic (exact) mass is 258 g/mol. The fraction of sp³-hybridized carbons (Fsp3) is 0.750. The molecule has 0 saturated carbocycles. The maximum Gasteiger partial charge on any atom is 0.410 e. The van der Waals surface area contributed by atoms with Gasteiger partial charge in [-0.25, -0.2) is 9.59 Å². The number of carbonyl (C=O) groups is 3. The Balaban J connectivity index is 3.19. The van der Waals surface area contributed by atoms with Gasteiger partial charge in [-0.3, -0.25) is 9.69 Å². The molecule has 0 aromatic carbocycles. The summed E-state index contributed by atoms with van der Waals surface area (Å²) < 4.78 is 13.1. The summed E-state index contributed by atoms with van der Waals surface area (Å²) in [6, 6.07) is -2.18. The van der Waals surface area contributed by atoms with Crippen molar-refractivity contribution in [2.45, 2.75) is 52.8 Å². The molecule has 0 bridgehead atoms. The van der Waals surface area contributed by atoms with Crippen molar-refractivity contribution in [2.75, 3.05) is 0 Å². The van der Waals surface area contributed by atoms with Gasteiger partial charge in [-0.1, -0.05) is 27.7 Å². The van der Waals surface area contributed by atoms with Gasteiger partial charge >= 0.3 is 12.1 Å². The van der Waals surface area contributed by atoms with Gasteiger partial charge in [0.15, 0.2) is 6.23 Å². The number of amides is 1. The van der Waals surface area contributed by atoms with Crippen molar-refractivity contribution < 1.29 is 25.6 Å². The van der Waals surface area contributed by atoms with Crippen LogP contribution in [0.4, 0.5) is 4.79 Å². The van der Waals surface area contributed by atoms with Crippen LogP contribution in [0.2, 0.25) is 0 Å². The zero-order valence-electron chi connectivity index (χ0n) is 12.0. The first kappa shape index (κ1) is 12.9. The van der Waals surface area contributed by atoms with Crippen LogP contribution in [0.15, 0.2) is 0 Å². The predicted molar refractivity (Wildman–Crippen MR) is 62.9 cm³/mol. The maximum atomic E-state index is 11.9. The molecule has 2 atom stereocenters. The van der Waals surface area contributed by atoms with E-state index >= 15 is 0 Å². The van der Waals surface area contributed by atoms with Gasteiger partial charge in [-0.2, -0.15) is 0 Å². The second-order valence-corrected chi connectivity index (χ2v) is 5.29. The lowest BCUT2D eigenvalue weighted by Crippen LogP contribution is -2.47. The van der Waals surface area contributed by atoms with Crippen LogP contribution in [0.3, 0.4) is 0 Å². The van der Waals surface area contributed by atoms with Crippen molar-refractivity contribution in [3.05, 3.63) is 0 Å². The molecular weight excluding hydrogens is 238 g/mol. The molecule has 6 heteroatoms. The second-order valence-electron chi connectivity index (χ2n) is 5.29. The highest BCUT2D eigenvalue weighted by atomic mass is 16.6. The Bertz CT molecular complexity index is 417. The summed E-state index contributed by atoms with van der Waals surface area (Å²) in [5, 5.41) is 9.25. The zero-order chi connectivity index (χ0) is 15.0. The topological polar surface area (TPSA) is 83.9 Å². The molecular formula is C12H19NO5. The molecule has 1 amide bonds. The molecule has 0 unspecified atom stereocenters. The van der Waals surface area contributed by atoms with Gasteiger partial charge < -0.3 is 9.84 Å². The normalized spacial score (nSPS) is 28.9. The van der Waals surface area contributed by atoms with Crippen LogP contribution >= 0.6 is 0 Å². The first-order valence-electron chi connectivity index (χ1n) is 6.29. The zero-order valence-corrected chi connectivity index (χ0v) is 11.0. The Kier molecular flexibility index (Phi) is 3.54. The molecule has 0 aromatic heterocycles. The summed E-state index contributed by atoms with van der Waals surface area (Å²) in [5.41, 5.74) is -0.674. The van der Waals surface area contributed by atoms with Crippen LogP contribution in [0, 0.1) is 5.41 Å². The van der Waals surface area contributed by atoms with E-state index in [2.05, 4.69) is 0 Å². The van der Waals surface area contributed by atoms with Gasteiger partial charge in [-0.15, -0.1) is 0 Å². The summed E-state index contributed by atoms with van der Waals surface area (Å²) in [6.07, 6.45) is -2.85. The molecule has 0 aliphatic carbocycles.